The molecule has 0 saturated carbocycles. The van der Waals surface area contributed by atoms with Crippen LogP contribution >= 0.6 is 0 Å². The van der Waals surface area contributed by atoms with Crippen LogP contribution in [0, 0.1) is 0 Å². The monoisotopic (exact) mass is 169 g/mol. The first kappa shape index (κ1) is 8.58. The number of H-pyrrole nitrogens is 1. The van der Waals surface area contributed by atoms with Crippen molar-refractivity contribution in [1.82, 2.24) is 14.9 Å². The minimum Gasteiger partial charge on any atom is -0.357 e. The van der Waals surface area contributed by atoms with E-state index >= 15 is 0 Å². The number of nitrogens with zero attached hydrogens (tertiary/aromatic N) is 1. The summed E-state index contributed by atoms with van der Waals surface area (Å²) in [5.41, 5.74) is -0.272. The molecule has 2 N–H and O–H groups in total. The Hall–Kier alpha value is -1.52. The number of amides is 1. The van der Waals surface area contributed by atoms with E-state index in [-0.39, 0.29) is 11.6 Å². The number of nitrogens with one attached hydrogen (secondary N) is 2. The van der Waals surface area contributed by atoms with Crippen LogP contribution in [0.5, 0.6) is 0 Å². The Morgan fingerprint density at radius 1 is 1.75 bits per heavy atom. The molecule has 0 aromatic carbocycles. The molecular formula is C7H11N3O2. The van der Waals surface area contributed by atoms with Gasteiger partial charge in [0.25, 0.3) is 0 Å². The molecule has 0 aliphatic heterocycles. The molecule has 0 fully saturated rings. The third kappa shape index (κ3) is 1.39. The van der Waals surface area contributed by atoms with Gasteiger partial charge in [0.1, 0.15) is 6.04 Å². The topological polar surface area (TPSA) is 66.9 Å². The summed E-state index contributed by atoms with van der Waals surface area (Å²) >= 11 is 0. The average molecular weight is 169 g/mol. The second-order valence-corrected chi connectivity index (χ2v) is 2.46. The molecule has 1 heterocycles. The van der Waals surface area contributed by atoms with Crippen LogP contribution in [-0.2, 0) is 4.79 Å². The predicted octanol–water partition coefficient (Wildman–Crippen LogP) is -0.517. The zero-order valence-electron chi connectivity index (χ0n) is 7.00. The molecule has 66 valence electrons. The summed E-state index contributed by atoms with van der Waals surface area (Å²) in [4.78, 5) is 24.5. The molecule has 1 aromatic heterocycles. The lowest BCUT2D eigenvalue weighted by Crippen LogP contribution is -2.32. The van der Waals surface area contributed by atoms with E-state index in [1.807, 2.05) is 0 Å². The fourth-order valence-corrected chi connectivity index (χ4v) is 0.971. The van der Waals surface area contributed by atoms with Gasteiger partial charge >= 0.3 is 5.69 Å². The first-order valence-corrected chi connectivity index (χ1v) is 3.64. The Morgan fingerprint density at radius 2 is 2.42 bits per heavy atom. The van der Waals surface area contributed by atoms with E-state index in [1.165, 1.54) is 17.8 Å². The summed E-state index contributed by atoms with van der Waals surface area (Å²) in [6.07, 6.45) is 3.05. The molecule has 5 heteroatoms. The molecule has 1 aromatic rings. The molecule has 5 nitrogen and oxygen atoms in total. The van der Waals surface area contributed by atoms with Crippen LogP contribution in [0.3, 0.4) is 0 Å². The smallest absolute Gasteiger partial charge is 0.326 e. The maximum Gasteiger partial charge on any atom is 0.326 e. The van der Waals surface area contributed by atoms with Crippen molar-refractivity contribution in [3.05, 3.63) is 22.9 Å². The van der Waals surface area contributed by atoms with Gasteiger partial charge in [0.2, 0.25) is 5.91 Å². The summed E-state index contributed by atoms with van der Waals surface area (Å²) in [6.45, 7) is 1.66. The quantitative estimate of drug-likeness (QED) is 0.625. The molecule has 0 bridgehead atoms. The number of aromatic amines is 1. The van der Waals surface area contributed by atoms with Crippen molar-refractivity contribution in [2.24, 2.45) is 0 Å². The van der Waals surface area contributed by atoms with Crippen molar-refractivity contribution < 1.29 is 4.79 Å². The van der Waals surface area contributed by atoms with E-state index in [1.54, 1.807) is 13.1 Å². The van der Waals surface area contributed by atoms with Crippen LogP contribution in [0.1, 0.15) is 13.0 Å². The number of aromatic nitrogens is 2. The highest BCUT2D eigenvalue weighted by Crippen LogP contribution is 1.99. The van der Waals surface area contributed by atoms with Crippen LogP contribution < -0.4 is 11.0 Å². The standard InChI is InChI=1S/C7H11N3O2/c1-5(6(11)8-2)10-4-3-9-7(10)12/h3-5H,1-2H3,(H,8,11)(H,9,12). The Kier molecular flexibility index (Phi) is 2.32. The summed E-state index contributed by atoms with van der Waals surface area (Å²) < 4.78 is 1.33. The highest BCUT2D eigenvalue weighted by atomic mass is 16.2. The number of likely N-dealkylation sites (N-methyl/N-ethyl adjacent to an activating group) is 1. The zero-order chi connectivity index (χ0) is 9.14. The molecule has 1 atom stereocenters. The largest absolute Gasteiger partial charge is 0.357 e. The van der Waals surface area contributed by atoms with Gasteiger partial charge < -0.3 is 10.3 Å². The van der Waals surface area contributed by atoms with Crippen molar-refractivity contribution in [1.29, 1.82) is 0 Å². The van der Waals surface area contributed by atoms with Gasteiger partial charge in [-0.25, -0.2) is 4.79 Å². The molecular weight excluding hydrogens is 158 g/mol. The molecule has 1 unspecified atom stereocenters. The van der Waals surface area contributed by atoms with Gasteiger partial charge in [0.05, 0.1) is 0 Å². The molecule has 0 spiro atoms. The molecule has 12 heavy (non-hydrogen) atoms. The van der Waals surface area contributed by atoms with E-state index < -0.39 is 6.04 Å². The normalized spacial score (nSPS) is 12.5. The second kappa shape index (κ2) is 3.25. The lowest BCUT2D eigenvalue weighted by atomic mass is 10.3. The fourth-order valence-electron chi connectivity index (χ4n) is 0.971. The summed E-state index contributed by atoms with van der Waals surface area (Å²) in [6, 6.07) is -0.464. The van der Waals surface area contributed by atoms with Crippen molar-refractivity contribution in [2.75, 3.05) is 7.05 Å². The van der Waals surface area contributed by atoms with Gasteiger partial charge in [-0.05, 0) is 6.92 Å². The van der Waals surface area contributed by atoms with E-state index in [4.69, 9.17) is 0 Å². The van der Waals surface area contributed by atoms with Crippen molar-refractivity contribution >= 4 is 5.91 Å². The number of imidazole rings is 1. The number of carbonyl (C=O) groups excluding carboxylic acids is 1. The Labute approximate surface area is 69.4 Å². The van der Waals surface area contributed by atoms with E-state index in [9.17, 15) is 9.59 Å². The molecule has 1 amide bonds. The third-order valence-corrected chi connectivity index (χ3v) is 1.72. The number of rotatable bonds is 2. The molecule has 1 rings (SSSR count). The lowest BCUT2D eigenvalue weighted by Gasteiger charge is -2.09. The maximum absolute atomic E-state index is 11.1. The summed E-state index contributed by atoms with van der Waals surface area (Å²) in [7, 11) is 1.54. The van der Waals surface area contributed by atoms with Crippen molar-refractivity contribution in [3.63, 3.8) is 0 Å². The maximum atomic E-state index is 11.1. The van der Waals surface area contributed by atoms with Crippen molar-refractivity contribution in [3.8, 4) is 0 Å². The van der Waals surface area contributed by atoms with Gasteiger partial charge in [0, 0.05) is 19.4 Å². The highest BCUT2D eigenvalue weighted by molar-refractivity contribution is 5.79. The SMILES string of the molecule is CNC(=O)C(C)n1cc[nH]c1=O. The predicted molar refractivity (Wildman–Crippen MR) is 43.8 cm³/mol. The van der Waals surface area contributed by atoms with Gasteiger partial charge in [-0.1, -0.05) is 0 Å². The fraction of sp³-hybridized carbons (Fsp3) is 0.429. The van der Waals surface area contributed by atoms with E-state index in [2.05, 4.69) is 10.3 Å². The van der Waals surface area contributed by atoms with Crippen LogP contribution in [-0.4, -0.2) is 22.5 Å². The van der Waals surface area contributed by atoms with Crippen LogP contribution in [0.4, 0.5) is 0 Å². The Balaban J connectivity index is 2.92. The summed E-state index contributed by atoms with van der Waals surface area (Å²) in [5, 5.41) is 2.47. The van der Waals surface area contributed by atoms with Crippen LogP contribution in [0.2, 0.25) is 0 Å². The van der Waals surface area contributed by atoms with E-state index in [0.717, 1.165) is 0 Å². The van der Waals surface area contributed by atoms with Crippen LogP contribution in [0.15, 0.2) is 17.2 Å². The number of hydrogen-bond donors (Lipinski definition) is 2. The minimum absolute atomic E-state index is 0.184. The first-order valence-electron chi connectivity index (χ1n) is 3.64. The second-order valence-electron chi connectivity index (χ2n) is 2.46. The van der Waals surface area contributed by atoms with Crippen LogP contribution in [0.25, 0.3) is 0 Å². The Morgan fingerprint density at radius 3 is 2.83 bits per heavy atom. The molecule has 0 saturated heterocycles. The summed E-state index contributed by atoms with van der Waals surface area (Å²) in [5.74, 6) is -0.184. The van der Waals surface area contributed by atoms with Gasteiger partial charge in [-0.15, -0.1) is 0 Å². The third-order valence-electron chi connectivity index (χ3n) is 1.72. The first-order chi connectivity index (χ1) is 5.66. The Bertz CT molecular complexity index is 325. The molecule has 0 aliphatic carbocycles. The molecule has 0 aliphatic rings. The number of carbonyl (C=O) groups is 1. The highest BCUT2D eigenvalue weighted by Gasteiger charge is 2.13. The van der Waals surface area contributed by atoms with E-state index in [0.29, 0.717) is 0 Å². The average Bonchev–Trinajstić information content (AvgIpc) is 2.48. The zero-order valence-corrected chi connectivity index (χ0v) is 7.00. The van der Waals surface area contributed by atoms with Gasteiger partial charge in [-0.3, -0.25) is 9.36 Å². The minimum atomic E-state index is -0.464. The van der Waals surface area contributed by atoms with Gasteiger partial charge in [0.15, 0.2) is 0 Å². The molecule has 0 radical (unpaired) electrons. The van der Waals surface area contributed by atoms with Gasteiger partial charge in [-0.2, -0.15) is 0 Å². The van der Waals surface area contributed by atoms with Crippen molar-refractivity contribution in [2.45, 2.75) is 13.0 Å². The lowest BCUT2D eigenvalue weighted by molar-refractivity contribution is -0.123. The number of hydrogen-bond acceptors (Lipinski definition) is 2.